The summed E-state index contributed by atoms with van der Waals surface area (Å²) in [6.07, 6.45) is 3.60. The molecule has 1 aliphatic rings. The Morgan fingerprint density at radius 3 is 2.95 bits per heavy atom. The minimum Gasteiger partial charge on any atom is -0.508 e. The monoisotopic (exact) mass is 296 g/mol. The van der Waals surface area contributed by atoms with Crippen molar-refractivity contribution < 1.29 is 9.63 Å². The lowest BCUT2D eigenvalue weighted by molar-refractivity contribution is 0.413. The SMILES string of the molecule is Oc1ccc2c(C3CNCCN3c3ccncc3)noc2c1. The Kier molecular flexibility index (Phi) is 3.16. The summed E-state index contributed by atoms with van der Waals surface area (Å²) < 4.78 is 5.39. The lowest BCUT2D eigenvalue weighted by Gasteiger charge is -2.36. The number of phenolic OH excluding ortho intramolecular Hbond substituents is 1. The number of hydrogen-bond acceptors (Lipinski definition) is 6. The van der Waals surface area contributed by atoms with Gasteiger partial charge in [0.2, 0.25) is 0 Å². The summed E-state index contributed by atoms with van der Waals surface area (Å²) in [4.78, 5) is 6.39. The van der Waals surface area contributed by atoms with Crippen molar-refractivity contribution in [2.75, 3.05) is 24.5 Å². The Hall–Kier alpha value is -2.60. The number of fused-ring (bicyclic) bond motifs is 1. The van der Waals surface area contributed by atoms with Crippen molar-refractivity contribution in [3.05, 3.63) is 48.4 Å². The first-order valence-electron chi connectivity index (χ1n) is 7.28. The number of piperazine rings is 1. The number of rotatable bonds is 2. The van der Waals surface area contributed by atoms with Gasteiger partial charge in [0, 0.05) is 49.2 Å². The quantitative estimate of drug-likeness (QED) is 0.754. The van der Waals surface area contributed by atoms with E-state index in [-0.39, 0.29) is 11.8 Å². The summed E-state index contributed by atoms with van der Waals surface area (Å²) >= 11 is 0. The van der Waals surface area contributed by atoms with Gasteiger partial charge in [-0.05, 0) is 24.3 Å². The van der Waals surface area contributed by atoms with Crippen molar-refractivity contribution in [1.82, 2.24) is 15.5 Å². The van der Waals surface area contributed by atoms with Crippen LogP contribution in [-0.4, -0.2) is 34.9 Å². The molecule has 0 saturated carbocycles. The molecule has 1 saturated heterocycles. The number of pyridine rings is 1. The zero-order chi connectivity index (χ0) is 14.9. The molecule has 1 atom stereocenters. The molecule has 3 aromatic rings. The summed E-state index contributed by atoms with van der Waals surface area (Å²) in [7, 11) is 0. The second-order valence-electron chi connectivity index (χ2n) is 5.37. The van der Waals surface area contributed by atoms with Crippen LogP contribution in [0.25, 0.3) is 11.0 Å². The molecule has 4 rings (SSSR count). The van der Waals surface area contributed by atoms with Gasteiger partial charge in [0.25, 0.3) is 0 Å². The van der Waals surface area contributed by atoms with Gasteiger partial charge in [-0.1, -0.05) is 5.16 Å². The summed E-state index contributed by atoms with van der Waals surface area (Å²) in [6.45, 7) is 2.61. The molecule has 0 spiro atoms. The van der Waals surface area contributed by atoms with Gasteiger partial charge in [-0.15, -0.1) is 0 Å². The summed E-state index contributed by atoms with van der Waals surface area (Å²) in [5.41, 5.74) is 2.62. The molecule has 3 heterocycles. The van der Waals surface area contributed by atoms with Gasteiger partial charge >= 0.3 is 0 Å². The number of nitrogens with zero attached hydrogens (tertiary/aromatic N) is 3. The number of hydrogen-bond donors (Lipinski definition) is 2. The standard InChI is InChI=1S/C16H16N4O2/c21-12-1-2-13-15(9-12)22-19-16(13)14-10-18-7-8-20(14)11-3-5-17-6-4-11/h1-6,9,14,18,21H,7-8,10H2. The van der Waals surface area contributed by atoms with Crippen LogP contribution in [0, 0.1) is 0 Å². The second-order valence-corrected chi connectivity index (χ2v) is 5.37. The van der Waals surface area contributed by atoms with E-state index >= 15 is 0 Å². The van der Waals surface area contributed by atoms with E-state index < -0.39 is 0 Å². The molecule has 0 radical (unpaired) electrons. The van der Waals surface area contributed by atoms with E-state index in [1.807, 2.05) is 18.2 Å². The van der Waals surface area contributed by atoms with Crippen LogP contribution in [0.1, 0.15) is 11.7 Å². The summed E-state index contributed by atoms with van der Waals surface area (Å²) in [5.74, 6) is 0.183. The summed E-state index contributed by atoms with van der Waals surface area (Å²) in [5, 5.41) is 18.2. The lowest BCUT2D eigenvalue weighted by atomic mass is 10.0. The third-order valence-electron chi connectivity index (χ3n) is 4.04. The minimum atomic E-state index is 0.0851. The number of aromatic nitrogens is 2. The maximum Gasteiger partial charge on any atom is 0.170 e. The van der Waals surface area contributed by atoms with Gasteiger partial charge in [-0.2, -0.15) is 0 Å². The third-order valence-corrected chi connectivity index (χ3v) is 4.04. The average Bonchev–Trinajstić information content (AvgIpc) is 2.98. The Labute approximate surface area is 127 Å². The van der Waals surface area contributed by atoms with Crippen LogP contribution in [-0.2, 0) is 0 Å². The lowest BCUT2D eigenvalue weighted by Crippen LogP contribution is -2.46. The van der Waals surface area contributed by atoms with Gasteiger partial charge in [0.15, 0.2) is 5.58 Å². The first kappa shape index (κ1) is 13.1. The maximum atomic E-state index is 9.56. The normalized spacial score (nSPS) is 18.7. The number of benzene rings is 1. The molecule has 1 unspecified atom stereocenters. The molecule has 112 valence electrons. The number of aromatic hydroxyl groups is 1. The fraction of sp³-hybridized carbons (Fsp3) is 0.250. The maximum absolute atomic E-state index is 9.56. The number of phenols is 1. The Morgan fingerprint density at radius 2 is 2.09 bits per heavy atom. The fourth-order valence-electron chi connectivity index (χ4n) is 2.98. The highest BCUT2D eigenvalue weighted by molar-refractivity contribution is 5.81. The molecule has 6 nitrogen and oxygen atoms in total. The molecule has 1 aromatic carbocycles. The van der Waals surface area contributed by atoms with Crippen LogP contribution in [0.5, 0.6) is 5.75 Å². The van der Waals surface area contributed by atoms with Crippen LogP contribution in [0.3, 0.4) is 0 Å². The van der Waals surface area contributed by atoms with E-state index in [9.17, 15) is 5.11 Å². The highest BCUT2D eigenvalue weighted by Crippen LogP contribution is 2.32. The van der Waals surface area contributed by atoms with Crippen LogP contribution in [0.15, 0.2) is 47.2 Å². The van der Waals surface area contributed by atoms with Crippen LogP contribution in [0.2, 0.25) is 0 Å². The molecule has 6 heteroatoms. The molecule has 22 heavy (non-hydrogen) atoms. The van der Waals surface area contributed by atoms with Crippen molar-refractivity contribution in [1.29, 1.82) is 0 Å². The molecule has 1 aliphatic heterocycles. The molecule has 0 bridgehead atoms. The molecular weight excluding hydrogens is 280 g/mol. The Balaban J connectivity index is 1.77. The molecule has 0 amide bonds. The van der Waals surface area contributed by atoms with Crippen LogP contribution < -0.4 is 10.2 Å². The Bertz CT molecular complexity index is 787. The van der Waals surface area contributed by atoms with Crippen molar-refractivity contribution in [3.63, 3.8) is 0 Å². The molecule has 2 N–H and O–H groups in total. The van der Waals surface area contributed by atoms with E-state index in [4.69, 9.17) is 4.52 Å². The summed E-state index contributed by atoms with van der Waals surface area (Å²) in [6, 6.07) is 9.21. The highest BCUT2D eigenvalue weighted by Gasteiger charge is 2.28. The van der Waals surface area contributed by atoms with Gasteiger partial charge in [0.05, 0.1) is 6.04 Å². The van der Waals surface area contributed by atoms with Gasteiger partial charge < -0.3 is 19.8 Å². The molecule has 1 fully saturated rings. The van der Waals surface area contributed by atoms with Crippen molar-refractivity contribution >= 4 is 16.7 Å². The van der Waals surface area contributed by atoms with E-state index in [1.54, 1.807) is 24.5 Å². The van der Waals surface area contributed by atoms with Gasteiger partial charge in [-0.3, -0.25) is 4.98 Å². The Morgan fingerprint density at radius 1 is 1.23 bits per heavy atom. The van der Waals surface area contributed by atoms with Crippen molar-refractivity contribution in [2.45, 2.75) is 6.04 Å². The first-order valence-corrected chi connectivity index (χ1v) is 7.28. The van der Waals surface area contributed by atoms with Crippen LogP contribution >= 0.6 is 0 Å². The average molecular weight is 296 g/mol. The predicted molar refractivity (Wildman–Crippen MR) is 82.9 cm³/mol. The zero-order valence-electron chi connectivity index (χ0n) is 11.9. The van der Waals surface area contributed by atoms with E-state index in [2.05, 4.69) is 20.4 Å². The van der Waals surface area contributed by atoms with E-state index in [0.29, 0.717) is 5.58 Å². The van der Waals surface area contributed by atoms with Gasteiger partial charge in [0.1, 0.15) is 11.4 Å². The van der Waals surface area contributed by atoms with E-state index in [1.165, 1.54) is 0 Å². The smallest absolute Gasteiger partial charge is 0.170 e. The minimum absolute atomic E-state index is 0.0851. The van der Waals surface area contributed by atoms with Crippen molar-refractivity contribution in [2.24, 2.45) is 0 Å². The largest absolute Gasteiger partial charge is 0.508 e. The fourth-order valence-corrected chi connectivity index (χ4v) is 2.98. The van der Waals surface area contributed by atoms with Gasteiger partial charge in [-0.25, -0.2) is 0 Å². The van der Waals surface area contributed by atoms with E-state index in [0.717, 1.165) is 36.4 Å². The van der Waals surface area contributed by atoms with Crippen molar-refractivity contribution in [3.8, 4) is 5.75 Å². The zero-order valence-corrected chi connectivity index (χ0v) is 11.9. The molecule has 2 aromatic heterocycles. The molecule has 0 aliphatic carbocycles. The van der Waals surface area contributed by atoms with Crippen LogP contribution in [0.4, 0.5) is 5.69 Å². The number of nitrogens with one attached hydrogen (secondary N) is 1. The number of anilines is 1. The topological polar surface area (TPSA) is 74.4 Å². The second kappa shape index (κ2) is 5.31. The molecular formula is C16H16N4O2. The third kappa shape index (κ3) is 2.17. The first-order chi connectivity index (χ1) is 10.8. The highest BCUT2D eigenvalue weighted by atomic mass is 16.5. The predicted octanol–water partition coefficient (Wildman–Crippen LogP) is 2.08.